The molecule has 108 valence electrons. The molecule has 1 unspecified atom stereocenters. The Morgan fingerprint density at radius 2 is 1.90 bits per heavy atom. The van der Waals surface area contributed by atoms with Crippen molar-refractivity contribution in [3.8, 4) is 0 Å². The number of unbranched alkanes of at least 4 members (excludes halogenated alkanes) is 1. The molecule has 0 spiro atoms. The summed E-state index contributed by atoms with van der Waals surface area (Å²) in [6, 6.07) is 9.06. The molecule has 1 aromatic heterocycles. The van der Waals surface area contributed by atoms with Gasteiger partial charge in [0.2, 0.25) is 0 Å². The third kappa shape index (κ3) is 3.83. The highest BCUT2D eigenvalue weighted by molar-refractivity contribution is 7.11. The average Bonchev–Trinajstić information content (AvgIpc) is 2.77. The van der Waals surface area contributed by atoms with Crippen molar-refractivity contribution in [3.05, 3.63) is 45.4 Å². The van der Waals surface area contributed by atoms with Gasteiger partial charge in [0, 0.05) is 10.6 Å². The van der Waals surface area contributed by atoms with Gasteiger partial charge in [0.25, 0.3) is 0 Å². The first-order valence-corrected chi connectivity index (χ1v) is 8.21. The number of benzene rings is 1. The predicted molar refractivity (Wildman–Crippen MR) is 88.7 cm³/mol. The number of aromatic nitrogens is 1. The largest absolute Gasteiger partial charge is 0.377 e. The molecule has 0 amide bonds. The van der Waals surface area contributed by atoms with E-state index in [1.807, 2.05) is 0 Å². The maximum Gasteiger partial charge on any atom is 0.0901 e. The highest BCUT2D eigenvalue weighted by atomic mass is 32.1. The molecule has 0 aliphatic rings. The van der Waals surface area contributed by atoms with Crippen LogP contribution in [0.4, 0.5) is 5.69 Å². The average molecular weight is 288 g/mol. The first kappa shape index (κ1) is 15.0. The molecule has 0 bridgehead atoms. The first-order valence-electron chi connectivity index (χ1n) is 7.39. The SMILES string of the molecule is CCCCc1ccc(NC(C)c2nc(C)sc2C)cc1. The van der Waals surface area contributed by atoms with Gasteiger partial charge in [0.15, 0.2) is 0 Å². The van der Waals surface area contributed by atoms with Crippen LogP contribution >= 0.6 is 11.3 Å². The normalized spacial score (nSPS) is 12.4. The van der Waals surface area contributed by atoms with E-state index in [9.17, 15) is 0 Å². The molecule has 20 heavy (non-hydrogen) atoms. The van der Waals surface area contributed by atoms with E-state index >= 15 is 0 Å². The van der Waals surface area contributed by atoms with Crippen LogP contribution in [-0.2, 0) is 6.42 Å². The van der Waals surface area contributed by atoms with Crippen molar-refractivity contribution in [2.24, 2.45) is 0 Å². The molecule has 1 N–H and O–H groups in total. The van der Waals surface area contributed by atoms with Crippen LogP contribution in [0.15, 0.2) is 24.3 Å². The Labute approximate surface area is 126 Å². The smallest absolute Gasteiger partial charge is 0.0901 e. The van der Waals surface area contributed by atoms with E-state index in [0.29, 0.717) is 0 Å². The van der Waals surface area contributed by atoms with Gasteiger partial charge in [-0.2, -0.15) is 0 Å². The molecule has 0 radical (unpaired) electrons. The maximum absolute atomic E-state index is 4.62. The van der Waals surface area contributed by atoms with Crippen molar-refractivity contribution in [1.82, 2.24) is 4.98 Å². The molecule has 0 aliphatic carbocycles. The maximum atomic E-state index is 4.62. The summed E-state index contributed by atoms with van der Waals surface area (Å²) in [5, 5.41) is 4.68. The molecule has 2 aromatic rings. The van der Waals surface area contributed by atoms with Gasteiger partial charge >= 0.3 is 0 Å². The van der Waals surface area contributed by atoms with Crippen molar-refractivity contribution >= 4 is 17.0 Å². The number of nitrogens with one attached hydrogen (secondary N) is 1. The summed E-state index contributed by atoms with van der Waals surface area (Å²) < 4.78 is 0. The fourth-order valence-corrected chi connectivity index (χ4v) is 3.33. The monoisotopic (exact) mass is 288 g/mol. The van der Waals surface area contributed by atoms with Gasteiger partial charge in [-0.1, -0.05) is 25.5 Å². The second-order valence-corrected chi connectivity index (χ2v) is 6.75. The van der Waals surface area contributed by atoms with Gasteiger partial charge in [-0.3, -0.25) is 0 Å². The summed E-state index contributed by atoms with van der Waals surface area (Å²) >= 11 is 1.77. The molecule has 0 saturated carbocycles. The zero-order valence-electron chi connectivity index (χ0n) is 12.9. The van der Waals surface area contributed by atoms with Crippen LogP contribution in [-0.4, -0.2) is 4.98 Å². The van der Waals surface area contributed by atoms with E-state index in [-0.39, 0.29) is 6.04 Å². The van der Waals surface area contributed by atoms with Gasteiger partial charge in [-0.05, 0) is 51.3 Å². The third-order valence-corrected chi connectivity index (χ3v) is 4.41. The molecule has 1 atom stereocenters. The lowest BCUT2D eigenvalue weighted by Crippen LogP contribution is -2.08. The van der Waals surface area contributed by atoms with E-state index in [1.165, 1.54) is 41.1 Å². The Balaban J connectivity index is 2.00. The first-order chi connectivity index (χ1) is 9.60. The van der Waals surface area contributed by atoms with Crippen LogP contribution < -0.4 is 5.32 Å². The topological polar surface area (TPSA) is 24.9 Å². The Kier molecular flexibility index (Phi) is 5.18. The standard InChI is InChI=1S/C17H24N2S/c1-5-6-7-15-8-10-16(11-9-15)18-12(2)17-13(3)20-14(4)19-17/h8-12,18H,5-7H2,1-4H3. The van der Waals surface area contributed by atoms with Gasteiger partial charge < -0.3 is 5.32 Å². The zero-order chi connectivity index (χ0) is 14.5. The zero-order valence-corrected chi connectivity index (χ0v) is 13.7. The Hall–Kier alpha value is -1.35. The van der Waals surface area contributed by atoms with Crippen LogP contribution in [0, 0.1) is 13.8 Å². The van der Waals surface area contributed by atoms with Gasteiger partial charge in [0.1, 0.15) is 0 Å². The summed E-state index contributed by atoms with van der Waals surface area (Å²) in [5.41, 5.74) is 3.76. The summed E-state index contributed by atoms with van der Waals surface area (Å²) in [7, 11) is 0. The quantitative estimate of drug-likeness (QED) is 0.782. The lowest BCUT2D eigenvalue weighted by molar-refractivity contribution is 0.794. The Bertz CT molecular complexity index is 543. The highest BCUT2D eigenvalue weighted by Gasteiger charge is 2.12. The number of nitrogens with zero attached hydrogens (tertiary/aromatic N) is 1. The Morgan fingerprint density at radius 1 is 1.20 bits per heavy atom. The number of hydrogen-bond acceptors (Lipinski definition) is 3. The highest BCUT2D eigenvalue weighted by Crippen LogP contribution is 2.25. The van der Waals surface area contributed by atoms with E-state index in [0.717, 1.165) is 5.01 Å². The van der Waals surface area contributed by atoms with E-state index < -0.39 is 0 Å². The molecule has 2 rings (SSSR count). The Morgan fingerprint density at radius 3 is 2.45 bits per heavy atom. The molecule has 1 aromatic carbocycles. The second-order valence-electron chi connectivity index (χ2n) is 5.34. The van der Waals surface area contributed by atoms with Crippen LogP contribution in [0.3, 0.4) is 0 Å². The molecular weight excluding hydrogens is 264 g/mol. The predicted octanol–water partition coefficient (Wildman–Crippen LogP) is 5.28. The molecular formula is C17H24N2S. The van der Waals surface area contributed by atoms with E-state index in [2.05, 4.69) is 62.3 Å². The number of anilines is 1. The fourth-order valence-electron chi connectivity index (χ4n) is 2.41. The van der Waals surface area contributed by atoms with E-state index in [1.54, 1.807) is 11.3 Å². The minimum absolute atomic E-state index is 0.251. The summed E-state index contributed by atoms with van der Waals surface area (Å²) in [6.07, 6.45) is 3.69. The van der Waals surface area contributed by atoms with Crippen molar-refractivity contribution in [2.45, 2.75) is 53.0 Å². The summed E-state index contributed by atoms with van der Waals surface area (Å²) in [5.74, 6) is 0. The molecule has 0 saturated heterocycles. The molecule has 2 nitrogen and oxygen atoms in total. The number of hydrogen-bond donors (Lipinski definition) is 1. The van der Waals surface area contributed by atoms with Gasteiger partial charge in [-0.25, -0.2) is 4.98 Å². The molecule has 3 heteroatoms. The molecule has 0 aliphatic heterocycles. The van der Waals surface area contributed by atoms with Gasteiger partial charge in [0.05, 0.1) is 16.7 Å². The lowest BCUT2D eigenvalue weighted by atomic mass is 10.1. The number of rotatable bonds is 6. The van der Waals surface area contributed by atoms with Crippen LogP contribution in [0.25, 0.3) is 0 Å². The minimum atomic E-state index is 0.251. The second kappa shape index (κ2) is 6.89. The number of aryl methyl sites for hydroxylation is 3. The summed E-state index contributed by atoms with van der Waals surface area (Å²) in [6.45, 7) is 8.62. The fraction of sp³-hybridized carbons (Fsp3) is 0.471. The number of thiazole rings is 1. The molecule has 1 heterocycles. The van der Waals surface area contributed by atoms with Crippen LogP contribution in [0.1, 0.15) is 53.9 Å². The lowest BCUT2D eigenvalue weighted by Gasteiger charge is -2.14. The van der Waals surface area contributed by atoms with E-state index in [4.69, 9.17) is 0 Å². The van der Waals surface area contributed by atoms with Crippen molar-refractivity contribution in [3.63, 3.8) is 0 Å². The van der Waals surface area contributed by atoms with Crippen molar-refractivity contribution in [2.75, 3.05) is 5.32 Å². The third-order valence-electron chi connectivity index (χ3n) is 3.51. The van der Waals surface area contributed by atoms with Crippen LogP contribution in [0.5, 0.6) is 0 Å². The molecule has 0 fully saturated rings. The minimum Gasteiger partial charge on any atom is -0.377 e. The summed E-state index contributed by atoms with van der Waals surface area (Å²) in [4.78, 5) is 5.93. The van der Waals surface area contributed by atoms with Crippen molar-refractivity contribution < 1.29 is 0 Å². The van der Waals surface area contributed by atoms with Crippen molar-refractivity contribution in [1.29, 1.82) is 0 Å². The van der Waals surface area contributed by atoms with Crippen LogP contribution in [0.2, 0.25) is 0 Å². The van der Waals surface area contributed by atoms with Gasteiger partial charge in [-0.15, -0.1) is 11.3 Å².